The molecule has 2 aliphatic carbocycles. The van der Waals surface area contributed by atoms with Crippen molar-refractivity contribution >= 4 is 33.4 Å². The number of nitrogens with one attached hydrogen (secondary N) is 3. The zero-order valence-corrected chi connectivity index (χ0v) is 25.0. The number of hydrogen-bond acceptors (Lipinski definition) is 6. The maximum Gasteiger partial charge on any atom is 0.416 e. The topological polar surface area (TPSA) is 125 Å². The number of amides is 3. The number of allylic oxidation sites excluding steroid dienone is 1. The Morgan fingerprint density at radius 1 is 1.14 bits per heavy atom. The number of nitrogens with zero attached hydrogens (tertiary/aromatic N) is 1. The predicted molar refractivity (Wildman–Crippen MR) is 152 cm³/mol. The highest BCUT2D eigenvalue weighted by Gasteiger charge is 2.62. The van der Waals surface area contributed by atoms with Crippen molar-refractivity contribution in [3.05, 3.63) is 41.7 Å². The van der Waals surface area contributed by atoms with Crippen molar-refractivity contribution in [1.29, 1.82) is 0 Å². The molecule has 2 saturated carbocycles. The van der Waals surface area contributed by atoms with Gasteiger partial charge in [-0.25, -0.2) is 12.8 Å². The average Bonchev–Trinajstić information content (AvgIpc) is 3.78. The fourth-order valence-electron chi connectivity index (χ4n) is 5.31. The number of hydrogen-bond donors (Lipinski definition) is 3. The lowest BCUT2D eigenvalue weighted by Gasteiger charge is -2.27. The maximum atomic E-state index is 13.8. The van der Waals surface area contributed by atoms with Crippen molar-refractivity contribution in [1.82, 2.24) is 14.9 Å². The molecule has 1 aromatic rings. The Kier molecular flexibility index (Phi) is 9.48. The summed E-state index contributed by atoms with van der Waals surface area (Å²) in [7, 11) is -3.96. The molecule has 14 heteroatoms. The first-order valence-electron chi connectivity index (χ1n) is 14.6. The Morgan fingerprint density at radius 3 is 2.51 bits per heavy atom. The third kappa shape index (κ3) is 7.50. The van der Waals surface area contributed by atoms with E-state index in [4.69, 9.17) is 0 Å². The van der Waals surface area contributed by atoms with Gasteiger partial charge in [0.25, 0.3) is 5.91 Å². The normalized spacial score (nSPS) is 24.6. The largest absolute Gasteiger partial charge is 0.416 e. The molecule has 3 fully saturated rings. The first-order valence-corrected chi connectivity index (χ1v) is 16.1. The number of rotatable bonds is 13. The summed E-state index contributed by atoms with van der Waals surface area (Å²) in [6, 6.07) is 0.899. The van der Waals surface area contributed by atoms with Crippen LogP contribution in [0.4, 0.5) is 23.2 Å². The van der Waals surface area contributed by atoms with E-state index in [0.29, 0.717) is 31.4 Å². The second kappa shape index (κ2) is 12.4. The zero-order valence-electron chi connectivity index (χ0n) is 24.2. The molecule has 4 rings (SSSR count). The van der Waals surface area contributed by atoms with Gasteiger partial charge in [-0.05, 0) is 70.1 Å². The number of unbranched alkanes of at least 4 members (excludes halogenated alkanes) is 3. The van der Waals surface area contributed by atoms with E-state index < -0.39 is 74.1 Å². The van der Waals surface area contributed by atoms with Crippen LogP contribution in [0.2, 0.25) is 0 Å². The van der Waals surface area contributed by atoms with Gasteiger partial charge in [0.1, 0.15) is 17.4 Å². The minimum atomic E-state index is -4.77. The van der Waals surface area contributed by atoms with Gasteiger partial charge in [-0.3, -0.25) is 19.1 Å². The Hall–Kier alpha value is -3.16. The van der Waals surface area contributed by atoms with Gasteiger partial charge in [0, 0.05) is 18.2 Å². The molecule has 1 aliphatic heterocycles. The van der Waals surface area contributed by atoms with Crippen LogP contribution in [-0.2, 0) is 30.6 Å². The van der Waals surface area contributed by atoms with Crippen molar-refractivity contribution in [3.8, 4) is 0 Å². The Morgan fingerprint density at radius 2 is 1.86 bits per heavy atom. The highest BCUT2D eigenvalue weighted by molar-refractivity contribution is 7.91. The van der Waals surface area contributed by atoms with Crippen LogP contribution in [-0.4, -0.2) is 60.5 Å². The van der Waals surface area contributed by atoms with Gasteiger partial charge < -0.3 is 15.5 Å². The molecule has 238 valence electrons. The molecule has 1 saturated heterocycles. The summed E-state index contributed by atoms with van der Waals surface area (Å²) in [6.45, 7) is 3.34. The van der Waals surface area contributed by atoms with E-state index >= 15 is 0 Å². The Labute approximate surface area is 248 Å². The first-order chi connectivity index (χ1) is 20.1. The molecule has 43 heavy (non-hydrogen) atoms. The number of alkyl halides is 3. The average molecular weight is 631 g/mol. The van der Waals surface area contributed by atoms with Crippen LogP contribution in [0.3, 0.4) is 0 Å². The van der Waals surface area contributed by atoms with Crippen LogP contribution in [0.25, 0.3) is 0 Å². The fourth-order valence-corrected chi connectivity index (χ4v) is 6.62. The molecule has 0 unspecified atom stereocenters. The molecular weight excluding hydrogens is 592 g/mol. The molecule has 3 N–H and O–H groups in total. The van der Waals surface area contributed by atoms with E-state index in [1.165, 1.54) is 4.90 Å². The molecule has 3 atom stereocenters. The van der Waals surface area contributed by atoms with Gasteiger partial charge in [-0.15, -0.1) is 0 Å². The van der Waals surface area contributed by atoms with Crippen LogP contribution in [0.1, 0.15) is 77.2 Å². The second-order valence-electron chi connectivity index (χ2n) is 11.9. The van der Waals surface area contributed by atoms with Gasteiger partial charge >= 0.3 is 6.18 Å². The van der Waals surface area contributed by atoms with Gasteiger partial charge in [0.05, 0.1) is 16.9 Å². The second-order valence-corrected chi connectivity index (χ2v) is 14.1. The molecule has 0 radical (unpaired) electrons. The number of carbonyl (C=O) groups excluding carboxylic acids is 3. The minimum Gasteiger partial charge on any atom is -0.376 e. The molecule has 3 amide bonds. The summed E-state index contributed by atoms with van der Waals surface area (Å²) < 4.78 is 79.6. The quantitative estimate of drug-likeness (QED) is 0.170. The van der Waals surface area contributed by atoms with Crippen molar-refractivity contribution in [2.24, 2.45) is 5.92 Å². The predicted octanol–water partition coefficient (Wildman–Crippen LogP) is 4.26. The smallest absolute Gasteiger partial charge is 0.376 e. The number of likely N-dealkylation sites (tertiary alicyclic amines) is 1. The lowest BCUT2D eigenvalue weighted by atomic mass is 10.1. The van der Waals surface area contributed by atoms with Crippen molar-refractivity contribution in [2.45, 2.75) is 94.1 Å². The van der Waals surface area contributed by atoms with Crippen LogP contribution in [0, 0.1) is 11.7 Å². The SMILES string of the molecule is CCCCC/C=C\[C@@H]1C[C@]1(NC(=O)[C@@H]1CCCN1C(=O)CNc1cc(F)cc(C(F)(F)F)c1)C(=O)NS(=O)(=O)C1(C)CC1. The lowest BCUT2D eigenvalue weighted by Crippen LogP contribution is -2.57. The molecule has 0 aromatic heterocycles. The highest BCUT2D eigenvalue weighted by Crippen LogP contribution is 2.47. The summed E-state index contributed by atoms with van der Waals surface area (Å²) >= 11 is 0. The van der Waals surface area contributed by atoms with E-state index in [1.807, 2.05) is 12.2 Å². The number of anilines is 1. The fraction of sp³-hybridized carbons (Fsp3) is 0.621. The molecule has 1 heterocycles. The first kappa shape index (κ1) is 32.7. The summed E-state index contributed by atoms with van der Waals surface area (Å²) in [4.78, 5) is 41.1. The molecule has 0 spiro atoms. The van der Waals surface area contributed by atoms with E-state index in [9.17, 15) is 40.4 Å². The minimum absolute atomic E-state index is 0.197. The van der Waals surface area contributed by atoms with Crippen molar-refractivity contribution in [3.63, 3.8) is 0 Å². The zero-order chi connectivity index (χ0) is 31.6. The van der Waals surface area contributed by atoms with Crippen LogP contribution in [0.5, 0.6) is 0 Å². The maximum absolute atomic E-state index is 13.8. The lowest BCUT2D eigenvalue weighted by molar-refractivity contribution is -0.138. The third-order valence-corrected chi connectivity index (χ3v) is 10.6. The van der Waals surface area contributed by atoms with Crippen LogP contribution < -0.4 is 15.4 Å². The molecule has 3 aliphatic rings. The monoisotopic (exact) mass is 630 g/mol. The molecule has 9 nitrogen and oxygen atoms in total. The molecule has 0 bridgehead atoms. The van der Waals surface area contributed by atoms with E-state index in [1.54, 1.807) is 6.92 Å². The number of sulfonamides is 1. The number of carbonyl (C=O) groups is 3. The summed E-state index contributed by atoms with van der Waals surface area (Å²) in [5.74, 6) is -3.59. The Balaban J connectivity index is 1.44. The van der Waals surface area contributed by atoms with Crippen LogP contribution in [0.15, 0.2) is 30.4 Å². The third-order valence-electron chi connectivity index (χ3n) is 8.48. The highest BCUT2D eigenvalue weighted by atomic mass is 32.2. The van der Waals surface area contributed by atoms with E-state index in [0.717, 1.165) is 31.7 Å². The van der Waals surface area contributed by atoms with Gasteiger partial charge in [0.2, 0.25) is 21.8 Å². The Bertz CT molecular complexity index is 1380. The molecular formula is C29H38F4N4O5S. The summed E-state index contributed by atoms with van der Waals surface area (Å²) in [6.07, 6.45) is 4.58. The number of benzene rings is 1. The van der Waals surface area contributed by atoms with Gasteiger partial charge in [0.15, 0.2) is 0 Å². The van der Waals surface area contributed by atoms with E-state index in [2.05, 4.69) is 22.3 Å². The van der Waals surface area contributed by atoms with Crippen LogP contribution >= 0.6 is 0 Å². The van der Waals surface area contributed by atoms with Gasteiger partial charge in [-0.1, -0.05) is 31.9 Å². The summed E-state index contributed by atoms with van der Waals surface area (Å²) in [5, 5.41) is 5.24. The van der Waals surface area contributed by atoms with Gasteiger partial charge in [-0.2, -0.15) is 13.2 Å². The summed E-state index contributed by atoms with van der Waals surface area (Å²) in [5.41, 5.74) is -2.93. The van der Waals surface area contributed by atoms with E-state index in [-0.39, 0.29) is 25.1 Å². The molecule has 1 aromatic carbocycles. The van der Waals surface area contributed by atoms with Crippen molar-refractivity contribution in [2.75, 3.05) is 18.4 Å². The van der Waals surface area contributed by atoms with Crippen molar-refractivity contribution < 1.29 is 40.4 Å². The standard InChI is InChI=1S/C29H38F4N4O5S/c1-3-4-5-6-7-9-19-17-28(19,26(40)36-43(41,42)27(2)11-12-27)35-25(39)23-10-8-13-37(23)24(38)18-34-22-15-20(29(31,32)33)14-21(30)16-22/h7,9,14-16,19,23,34H,3-6,8,10-13,17-18H2,1-2H3,(H,35,39)(H,36,40)/b9-7-/t19-,23+,28-/m1/s1. The number of halogens is 4.